The Balaban J connectivity index is 2.05. The van der Waals surface area contributed by atoms with Gasteiger partial charge in [0, 0.05) is 43.1 Å². The number of benzene rings is 1. The number of aromatic nitrogens is 2. The predicted molar refractivity (Wildman–Crippen MR) is 86.1 cm³/mol. The minimum absolute atomic E-state index is 0.0747. The topological polar surface area (TPSA) is 113 Å². The first-order valence-electron chi connectivity index (χ1n) is 7.20. The van der Waals surface area contributed by atoms with Gasteiger partial charge in [0.05, 0.1) is 10.6 Å². The van der Waals surface area contributed by atoms with E-state index in [0.717, 1.165) is 29.1 Å². The molecule has 2 aromatic rings. The monoisotopic (exact) mass is 329 g/mol. The molecule has 1 aromatic heterocycles. The lowest BCUT2D eigenvalue weighted by atomic mass is 10.1. The molecule has 0 fully saturated rings. The molecular weight excluding hydrogens is 312 g/mol. The molecule has 0 unspecified atom stereocenters. The number of nitrogens with one attached hydrogen (secondary N) is 1. The van der Waals surface area contributed by atoms with E-state index in [1.54, 1.807) is 10.8 Å². The average Bonchev–Trinajstić information content (AvgIpc) is 2.77. The summed E-state index contributed by atoms with van der Waals surface area (Å²) in [4.78, 5) is 22.0. The number of aryl methyl sites for hydroxylation is 2. The quantitative estimate of drug-likeness (QED) is 0.505. The van der Waals surface area contributed by atoms with Crippen LogP contribution >= 0.6 is 0 Å². The Morgan fingerprint density at radius 2 is 2.12 bits per heavy atom. The molecule has 8 nitrogen and oxygen atoms in total. The highest BCUT2D eigenvalue weighted by Gasteiger charge is 2.08. The van der Waals surface area contributed by atoms with Crippen LogP contribution in [-0.4, -0.2) is 20.6 Å². The van der Waals surface area contributed by atoms with E-state index >= 15 is 0 Å². The molecule has 0 spiro atoms. The highest BCUT2D eigenvalue weighted by atomic mass is 16.6. The normalized spacial score (nSPS) is 11.0. The summed E-state index contributed by atoms with van der Waals surface area (Å²) in [5.41, 5.74) is 2.57. The van der Waals surface area contributed by atoms with Crippen molar-refractivity contribution in [2.45, 2.75) is 20.4 Å². The molecule has 0 saturated heterocycles. The predicted octanol–water partition coefficient (Wildman–Crippen LogP) is 1.35. The van der Waals surface area contributed by atoms with Gasteiger partial charge in [-0.3, -0.25) is 19.6 Å². The number of carbonyl (C=O) groups excluding carboxylic acids is 1. The van der Waals surface area contributed by atoms with E-state index in [1.165, 1.54) is 12.1 Å². The van der Waals surface area contributed by atoms with Crippen LogP contribution in [0.5, 0.6) is 5.75 Å². The Bertz CT molecular complexity index is 824. The van der Waals surface area contributed by atoms with E-state index in [9.17, 15) is 20.0 Å². The van der Waals surface area contributed by atoms with Crippen molar-refractivity contribution in [2.24, 2.45) is 7.05 Å². The van der Waals surface area contributed by atoms with Crippen LogP contribution in [-0.2, 0) is 18.4 Å². The molecule has 1 heterocycles. The van der Waals surface area contributed by atoms with Gasteiger partial charge in [-0.05, 0) is 25.5 Å². The first-order valence-corrected chi connectivity index (χ1v) is 7.20. The lowest BCUT2D eigenvalue weighted by Gasteiger charge is -2.12. The van der Waals surface area contributed by atoms with E-state index in [0.29, 0.717) is 0 Å². The first-order chi connectivity index (χ1) is 11.3. The average molecular weight is 329 g/mol. The SMILES string of the molecule is Cc1nn(C)c(C)c1/C=C/C(=O)NCc1cc([N+](=O)[O-])ccc1[O-]. The summed E-state index contributed by atoms with van der Waals surface area (Å²) >= 11 is 0. The number of hydrogen-bond donors (Lipinski definition) is 1. The number of non-ortho nitro benzene ring substituents is 1. The summed E-state index contributed by atoms with van der Waals surface area (Å²) in [5, 5.41) is 29.2. The molecule has 0 radical (unpaired) electrons. The molecule has 1 N–H and O–H groups in total. The van der Waals surface area contributed by atoms with Crippen LogP contribution in [0.15, 0.2) is 24.3 Å². The number of carbonyl (C=O) groups is 1. The molecule has 0 aliphatic heterocycles. The molecular formula is C16H17N4O4-. The van der Waals surface area contributed by atoms with Gasteiger partial charge in [0.2, 0.25) is 5.91 Å². The molecule has 0 saturated carbocycles. The Hall–Kier alpha value is -3.16. The second-order valence-electron chi connectivity index (χ2n) is 5.31. The summed E-state index contributed by atoms with van der Waals surface area (Å²) in [6, 6.07) is 3.43. The molecule has 24 heavy (non-hydrogen) atoms. The Morgan fingerprint density at radius 1 is 1.42 bits per heavy atom. The van der Waals surface area contributed by atoms with Gasteiger partial charge >= 0.3 is 0 Å². The lowest BCUT2D eigenvalue weighted by Crippen LogP contribution is -2.21. The number of rotatable bonds is 5. The Kier molecular flexibility index (Phi) is 4.98. The van der Waals surface area contributed by atoms with Crippen LogP contribution in [0.25, 0.3) is 6.08 Å². The molecule has 8 heteroatoms. The number of nitro groups is 1. The second kappa shape index (κ2) is 6.95. The molecule has 0 aliphatic carbocycles. The highest BCUT2D eigenvalue weighted by Crippen LogP contribution is 2.20. The third-order valence-corrected chi connectivity index (χ3v) is 3.67. The molecule has 1 aromatic carbocycles. The largest absolute Gasteiger partial charge is 0.872 e. The number of nitrogens with zero attached hydrogens (tertiary/aromatic N) is 3. The van der Waals surface area contributed by atoms with Crippen molar-refractivity contribution in [3.8, 4) is 5.75 Å². The Labute approximate surface area is 138 Å². The zero-order valence-corrected chi connectivity index (χ0v) is 13.6. The minimum atomic E-state index is -0.585. The number of amides is 1. The van der Waals surface area contributed by atoms with Crippen molar-refractivity contribution >= 4 is 17.7 Å². The molecule has 0 bridgehead atoms. The van der Waals surface area contributed by atoms with Crippen LogP contribution in [0, 0.1) is 24.0 Å². The van der Waals surface area contributed by atoms with Crippen molar-refractivity contribution in [3.63, 3.8) is 0 Å². The third-order valence-electron chi connectivity index (χ3n) is 3.67. The summed E-state index contributed by atoms with van der Waals surface area (Å²) in [6.45, 7) is 3.66. The molecule has 0 aliphatic rings. The van der Waals surface area contributed by atoms with Gasteiger partial charge in [0.15, 0.2) is 0 Å². The molecule has 0 atom stereocenters. The van der Waals surface area contributed by atoms with Crippen LogP contribution in [0.3, 0.4) is 0 Å². The van der Waals surface area contributed by atoms with Crippen LogP contribution in [0.2, 0.25) is 0 Å². The molecule has 1 amide bonds. The summed E-state index contributed by atoms with van der Waals surface area (Å²) in [7, 11) is 1.82. The standard InChI is InChI=1S/C16H18N4O4/c1-10-14(11(2)19(3)18-10)5-7-16(22)17-9-12-8-13(20(23)24)4-6-15(12)21/h4-8,21H,9H2,1-3H3,(H,17,22)/p-1/b7-5+. The summed E-state index contributed by atoms with van der Waals surface area (Å²) < 4.78 is 1.72. The van der Waals surface area contributed by atoms with Crippen molar-refractivity contribution in [1.82, 2.24) is 15.1 Å². The van der Waals surface area contributed by atoms with Gasteiger partial charge in [-0.15, -0.1) is 5.75 Å². The van der Waals surface area contributed by atoms with Gasteiger partial charge < -0.3 is 10.4 Å². The van der Waals surface area contributed by atoms with E-state index < -0.39 is 10.8 Å². The fourth-order valence-corrected chi connectivity index (χ4v) is 2.25. The third kappa shape index (κ3) is 3.78. The van der Waals surface area contributed by atoms with Gasteiger partial charge in [-0.2, -0.15) is 5.10 Å². The van der Waals surface area contributed by atoms with Gasteiger partial charge in [-0.1, -0.05) is 6.07 Å². The smallest absolute Gasteiger partial charge is 0.269 e. The number of nitro benzene ring substituents is 1. The lowest BCUT2D eigenvalue weighted by molar-refractivity contribution is -0.385. The van der Waals surface area contributed by atoms with Crippen LogP contribution in [0.1, 0.15) is 22.5 Å². The summed E-state index contributed by atoms with van der Waals surface area (Å²) in [6.07, 6.45) is 3.00. The Morgan fingerprint density at radius 3 is 2.71 bits per heavy atom. The van der Waals surface area contributed by atoms with Gasteiger partial charge in [0.1, 0.15) is 0 Å². The van der Waals surface area contributed by atoms with Crippen molar-refractivity contribution in [3.05, 3.63) is 56.9 Å². The van der Waals surface area contributed by atoms with E-state index in [2.05, 4.69) is 10.4 Å². The molecule has 126 valence electrons. The van der Waals surface area contributed by atoms with Crippen LogP contribution in [0.4, 0.5) is 5.69 Å². The van der Waals surface area contributed by atoms with E-state index in [-0.39, 0.29) is 23.5 Å². The first kappa shape index (κ1) is 17.2. The van der Waals surface area contributed by atoms with E-state index in [1.807, 2.05) is 20.9 Å². The summed E-state index contributed by atoms with van der Waals surface area (Å²) in [5.74, 6) is -0.757. The minimum Gasteiger partial charge on any atom is -0.872 e. The van der Waals surface area contributed by atoms with E-state index in [4.69, 9.17) is 0 Å². The van der Waals surface area contributed by atoms with Crippen molar-refractivity contribution < 1.29 is 14.8 Å². The number of hydrogen-bond acceptors (Lipinski definition) is 5. The van der Waals surface area contributed by atoms with Crippen molar-refractivity contribution in [1.29, 1.82) is 0 Å². The second-order valence-corrected chi connectivity index (χ2v) is 5.31. The van der Waals surface area contributed by atoms with Gasteiger partial charge in [0.25, 0.3) is 5.69 Å². The zero-order valence-electron chi connectivity index (χ0n) is 13.6. The molecule has 2 rings (SSSR count). The fourth-order valence-electron chi connectivity index (χ4n) is 2.25. The zero-order chi connectivity index (χ0) is 17.9. The van der Waals surface area contributed by atoms with Crippen LogP contribution < -0.4 is 10.4 Å². The maximum Gasteiger partial charge on any atom is 0.269 e. The highest BCUT2D eigenvalue weighted by molar-refractivity contribution is 5.92. The van der Waals surface area contributed by atoms with Crippen molar-refractivity contribution in [2.75, 3.05) is 0 Å². The fraction of sp³-hybridized carbons (Fsp3) is 0.250. The van der Waals surface area contributed by atoms with Gasteiger partial charge in [-0.25, -0.2) is 0 Å². The maximum absolute atomic E-state index is 11.9. The maximum atomic E-state index is 11.9.